The average molecular weight is 268 g/mol. The van der Waals surface area contributed by atoms with E-state index in [-0.39, 0.29) is 0 Å². The minimum absolute atomic E-state index is 0.722. The van der Waals surface area contributed by atoms with Gasteiger partial charge in [0.1, 0.15) is 11.3 Å². The SMILES string of the molecule is Cc1oc2ccc(Br)cc2c1CCCN. The molecule has 0 atom stereocenters. The van der Waals surface area contributed by atoms with E-state index in [0.717, 1.165) is 35.2 Å². The molecule has 0 aliphatic rings. The Morgan fingerprint density at radius 2 is 2.20 bits per heavy atom. The van der Waals surface area contributed by atoms with Gasteiger partial charge in [-0.1, -0.05) is 15.9 Å². The summed E-state index contributed by atoms with van der Waals surface area (Å²) in [5.74, 6) is 1.01. The zero-order valence-electron chi connectivity index (χ0n) is 8.72. The normalized spacial score (nSPS) is 11.1. The first-order valence-corrected chi connectivity index (χ1v) is 5.89. The molecule has 15 heavy (non-hydrogen) atoms. The standard InChI is InChI=1S/C12H14BrNO/c1-8-10(3-2-6-14)11-7-9(13)4-5-12(11)15-8/h4-5,7H,2-3,6,14H2,1H3. The fourth-order valence-corrected chi connectivity index (χ4v) is 2.19. The second-order valence-electron chi connectivity index (χ2n) is 3.67. The Balaban J connectivity index is 2.50. The molecule has 1 heterocycles. The summed E-state index contributed by atoms with van der Waals surface area (Å²) in [5.41, 5.74) is 7.78. The molecule has 0 radical (unpaired) electrons. The molecule has 1 aromatic carbocycles. The molecule has 2 rings (SSSR count). The van der Waals surface area contributed by atoms with E-state index in [2.05, 4.69) is 22.0 Å². The quantitative estimate of drug-likeness (QED) is 0.926. The molecule has 0 amide bonds. The summed E-state index contributed by atoms with van der Waals surface area (Å²) >= 11 is 3.48. The van der Waals surface area contributed by atoms with Gasteiger partial charge in [0.2, 0.25) is 0 Å². The zero-order valence-corrected chi connectivity index (χ0v) is 10.3. The largest absolute Gasteiger partial charge is 0.461 e. The van der Waals surface area contributed by atoms with E-state index in [1.54, 1.807) is 0 Å². The van der Waals surface area contributed by atoms with Crippen LogP contribution in [0, 0.1) is 6.92 Å². The van der Waals surface area contributed by atoms with Gasteiger partial charge in [-0.25, -0.2) is 0 Å². The third-order valence-electron chi connectivity index (χ3n) is 2.59. The van der Waals surface area contributed by atoms with Crippen molar-refractivity contribution in [1.82, 2.24) is 0 Å². The maximum atomic E-state index is 5.69. The molecule has 3 heteroatoms. The molecule has 0 fully saturated rings. The first-order valence-electron chi connectivity index (χ1n) is 5.10. The van der Waals surface area contributed by atoms with Crippen molar-refractivity contribution in [1.29, 1.82) is 0 Å². The monoisotopic (exact) mass is 267 g/mol. The van der Waals surface area contributed by atoms with Crippen molar-refractivity contribution in [2.45, 2.75) is 19.8 Å². The zero-order chi connectivity index (χ0) is 10.8. The van der Waals surface area contributed by atoms with Gasteiger partial charge in [0, 0.05) is 15.4 Å². The summed E-state index contributed by atoms with van der Waals surface area (Å²) in [6, 6.07) is 6.11. The van der Waals surface area contributed by atoms with Gasteiger partial charge >= 0.3 is 0 Å². The van der Waals surface area contributed by atoms with Crippen molar-refractivity contribution in [3.05, 3.63) is 34.0 Å². The number of halogens is 1. The molecule has 0 saturated carbocycles. The Morgan fingerprint density at radius 3 is 2.93 bits per heavy atom. The molecule has 0 aliphatic heterocycles. The van der Waals surface area contributed by atoms with Gasteiger partial charge in [-0.2, -0.15) is 0 Å². The molecule has 0 aliphatic carbocycles. The van der Waals surface area contributed by atoms with Crippen LogP contribution in [0.1, 0.15) is 17.7 Å². The lowest BCUT2D eigenvalue weighted by Gasteiger charge is -1.98. The number of fused-ring (bicyclic) bond motifs is 1. The summed E-state index contributed by atoms with van der Waals surface area (Å²) in [6.45, 7) is 2.74. The summed E-state index contributed by atoms with van der Waals surface area (Å²) < 4.78 is 6.78. The molecule has 0 spiro atoms. The van der Waals surface area contributed by atoms with Crippen LogP contribution in [0.3, 0.4) is 0 Å². The maximum absolute atomic E-state index is 5.69. The smallest absolute Gasteiger partial charge is 0.134 e. The molecule has 0 bridgehead atoms. The Kier molecular flexibility index (Phi) is 3.12. The van der Waals surface area contributed by atoms with E-state index in [1.165, 1.54) is 10.9 Å². The lowest BCUT2D eigenvalue weighted by molar-refractivity contribution is 0.570. The van der Waals surface area contributed by atoms with E-state index in [4.69, 9.17) is 10.2 Å². The Bertz CT molecular complexity index is 476. The lowest BCUT2D eigenvalue weighted by atomic mass is 10.1. The van der Waals surface area contributed by atoms with E-state index < -0.39 is 0 Å². The lowest BCUT2D eigenvalue weighted by Crippen LogP contribution is -2.00. The highest BCUT2D eigenvalue weighted by atomic mass is 79.9. The average Bonchev–Trinajstić information content (AvgIpc) is 2.51. The molecule has 0 saturated heterocycles. The van der Waals surface area contributed by atoms with Crippen LogP contribution in [0.5, 0.6) is 0 Å². The molecule has 2 nitrogen and oxygen atoms in total. The summed E-state index contributed by atoms with van der Waals surface area (Å²) in [4.78, 5) is 0. The van der Waals surface area contributed by atoms with Crippen molar-refractivity contribution >= 4 is 26.9 Å². The van der Waals surface area contributed by atoms with Crippen molar-refractivity contribution in [2.75, 3.05) is 6.54 Å². The Morgan fingerprint density at radius 1 is 1.40 bits per heavy atom. The highest BCUT2D eigenvalue weighted by Crippen LogP contribution is 2.28. The topological polar surface area (TPSA) is 39.2 Å². The van der Waals surface area contributed by atoms with E-state index >= 15 is 0 Å². The molecule has 2 aromatic rings. The number of aryl methyl sites for hydroxylation is 2. The van der Waals surface area contributed by atoms with E-state index in [0.29, 0.717) is 0 Å². The van der Waals surface area contributed by atoms with Crippen LogP contribution in [-0.4, -0.2) is 6.54 Å². The molecule has 2 N–H and O–H groups in total. The third kappa shape index (κ3) is 2.08. The molecular formula is C12H14BrNO. The van der Waals surface area contributed by atoms with Crippen molar-refractivity contribution in [2.24, 2.45) is 5.73 Å². The molecule has 80 valence electrons. The van der Waals surface area contributed by atoms with Gasteiger partial charge in [-0.3, -0.25) is 0 Å². The minimum atomic E-state index is 0.722. The minimum Gasteiger partial charge on any atom is -0.461 e. The Labute approximate surface area is 97.6 Å². The van der Waals surface area contributed by atoms with Crippen LogP contribution in [0.2, 0.25) is 0 Å². The van der Waals surface area contributed by atoms with Gasteiger partial charge in [0.25, 0.3) is 0 Å². The number of hydrogen-bond donors (Lipinski definition) is 1. The molecule has 0 unspecified atom stereocenters. The van der Waals surface area contributed by atoms with Gasteiger partial charge in [-0.05, 0) is 44.5 Å². The highest BCUT2D eigenvalue weighted by molar-refractivity contribution is 9.10. The fourth-order valence-electron chi connectivity index (χ4n) is 1.83. The first-order chi connectivity index (χ1) is 7.22. The number of furan rings is 1. The van der Waals surface area contributed by atoms with Crippen molar-refractivity contribution in [3.63, 3.8) is 0 Å². The van der Waals surface area contributed by atoms with Crippen molar-refractivity contribution < 1.29 is 4.42 Å². The summed E-state index contributed by atoms with van der Waals surface area (Å²) in [6.07, 6.45) is 1.99. The number of nitrogens with two attached hydrogens (primary N) is 1. The number of rotatable bonds is 3. The third-order valence-corrected chi connectivity index (χ3v) is 3.08. The first kappa shape index (κ1) is 10.7. The predicted octanol–water partition coefficient (Wildman–Crippen LogP) is 3.40. The van der Waals surface area contributed by atoms with Gasteiger partial charge < -0.3 is 10.2 Å². The number of benzene rings is 1. The highest BCUT2D eigenvalue weighted by Gasteiger charge is 2.10. The van der Waals surface area contributed by atoms with Gasteiger partial charge in [0.05, 0.1) is 0 Å². The van der Waals surface area contributed by atoms with E-state index in [1.807, 2.05) is 19.1 Å². The summed E-state index contributed by atoms with van der Waals surface area (Å²) in [5, 5.41) is 1.20. The fraction of sp³-hybridized carbons (Fsp3) is 0.333. The van der Waals surface area contributed by atoms with Crippen LogP contribution < -0.4 is 5.73 Å². The number of hydrogen-bond acceptors (Lipinski definition) is 2. The Hall–Kier alpha value is -0.800. The van der Waals surface area contributed by atoms with Crippen LogP contribution in [0.25, 0.3) is 11.0 Å². The van der Waals surface area contributed by atoms with Crippen LogP contribution >= 0.6 is 15.9 Å². The predicted molar refractivity (Wildman–Crippen MR) is 66.0 cm³/mol. The van der Waals surface area contributed by atoms with Crippen LogP contribution in [0.4, 0.5) is 0 Å². The molecule has 1 aromatic heterocycles. The van der Waals surface area contributed by atoms with Gasteiger partial charge in [0.15, 0.2) is 0 Å². The van der Waals surface area contributed by atoms with Crippen LogP contribution in [-0.2, 0) is 6.42 Å². The van der Waals surface area contributed by atoms with Gasteiger partial charge in [-0.15, -0.1) is 0 Å². The second-order valence-corrected chi connectivity index (χ2v) is 4.59. The van der Waals surface area contributed by atoms with Crippen LogP contribution in [0.15, 0.2) is 27.1 Å². The molecular weight excluding hydrogens is 254 g/mol. The van der Waals surface area contributed by atoms with Crippen molar-refractivity contribution in [3.8, 4) is 0 Å². The van der Waals surface area contributed by atoms with E-state index in [9.17, 15) is 0 Å². The second kappa shape index (κ2) is 4.37. The maximum Gasteiger partial charge on any atom is 0.134 e. The summed E-state index contributed by atoms with van der Waals surface area (Å²) in [7, 11) is 0.